The van der Waals surface area contributed by atoms with Gasteiger partial charge in [-0.05, 0) is 24.4 Å². The van der Waals surface area contributed by atoms with Gasteiger partial charge in [-0.15, -0.1) is 11.3 Å². The van der Waals surface area contributed by atoms with E-state index in [0.717, 1.165) is 16.2 Å². The average molecular weight is 261 g/mol. The summed E-state index contributed by atoms with van der Waals surface area (Å²) in [6.07, 6.45) is 0. The number of amides is 1. The molecular weight excluding hydrogens is 246 g/mol. The molecule has 0 spiro atoms. The van der Waals surface area contributed by atoms with Crippen LogP contribution in [-0.2, 0) is 0 Å². The molecule has 1 aromatic carbocycles. The zero-order valence-electron chi connectivity index (χ0n) is 10.3. The van der Waals surface area contributed by atoms with Crippen LogP contribution in [0.2, 0.25) is 0 Å². The first-order valence-corrected chi connectivity index (χ1v) is 6.57. The van der Waals surface area contributed by atoms with Gasteiger partial charge in [-0.25, -0.2) is 0 Å². The van der Waals surface area contributed by atoms with Crippen molar-refractivity contribution >= 4 is 17.2 Å². The van der Waals surface area contributed by atoms with Crippen LogP contribution in [0.25, 0.3) is 0 Å². The largest absolute Gasteiger partial charge is 0.496 e. The second-order valence-electron chi connectivity index (χ2n) is 3.91. The van der Waals surface area contributed by atoms with Crippen LogP contribution >= 0.6 is 11.3 Å². The highest BCUT2D eigenvalue weighted by Crippen LogP contribution is 2.24. The molecule has 0 fully saturated rings. The first kappa shape index (κ1) is 12.6. The molecule has 1 amide bonds. The van der Waals surface area contributed by atoms with Crippen molar-refractivity contribution in [2.24, 2.45) is 0 Å². The van der Waals surface area contributed by atoms with Crippen molar-refractivity contribution in [3.05, 3.63) is 52.2 Å². The van der Waals surface area contributed by atoms with E-state index in [1.165, 1.54) is 11.3 Å². The molecule has 0 unspecified atom stereocenters. The molecule has 0 aliphatic carbocycles. The number of carbonyl (C=O) groups is 1. The Hall–Kier alpha value is -1.81. The number of thiophene rings is 1. The lowest BCUT2D eigenvalue weighted by Crippen LogP contribution is -2.26. The van der Waals surface area contributed by atoms with Gasteiger partial charge in [0.1, 0.15) is 5.75 Å². The van der Waals surface area contributed by atoms with Crippen molar-refractivity contribution in [3.63, 3.8) is 0 Å². The number of ether oxygens (including phenoxy) is 1. The third-order valence-corrected chi connectivity index (χ3v) is 3.57. The summed E-state index contributed by atoms with van der Waals surface area (Å²) in [5.41, 5.74) is 0.977. The number of hydrogen-bond acceptors (Lipinski definition) is 3. The van der Waals surface area contributed by atoms with Gasteiger partial charge in [0.2, 0.25) is 0 Å². The molecule has 0 aliphatic heterocycles. The van der Waals surface area contributed by atoms with Gasteiger partial charge in [-0.1, -0.05) is 24.3 Å². The number of hydrogen-bond donors (Lipinski definition) is 1. The van der Waals surface area contributed by atoms with Gasteiger partial charge in [-0.2, -0.15) is 0 Å². The molecule has 0 saturated carbocycles. The quantitative estimate of drug-likeness (QED) is 0.917. The van der Waals surface area contributed by atoms with Crippen molar-refractivity contribution in [1.82, 2.24) is 5.32 Å². The predicted octanol–water partition coefficient (Wildman–Crippen LogP) is 3.25. The van der Waals surface area contributed by atoms with Gasteiger partial charge in [0.05, 0.1) is 18.0 Å². The molecule has 2 aromatic rings. The summed E-state index contributed by atoms with van der Waals surface area (Å²) in [5.74, 6) is 0.736. The maximum Gasteiger partial charge on any atom is 0.261 e. The van der Waals surface area contributed by atoms with Crippen molar-refractivity contribution in [1.29, 1.82) is 0 Å². The number of rotatable bonds is 4. The molecule has 4 heteroatoms. The maximum atomic E-state index is 11.9. The molecule has 0 aliphatic rings. The molecule has 94 valence electrons. The lowest BCUT2D eigenvalue weighted by Gasteiger charge is -2.16. The molecule has 1 heterocycles. The molecule has 3 nitrogen and oxygen atoms in total. The number of nitrogens with one attached hydrogen (secondary N) is 1. The van der Waals surface area contributed by atoms with E-state index in [9.17, 15) is 4.79 Å². The summed E-state index contributed by atoms with van der Waals surface area (Å²) in [4.78, 5) is 12.7. The van der Waals surface area contributed by atoms with Gasteiger partial charge in [0, 0.05) is 5.56 Å². The molecule has 0 radical (unpaired) electrons. The van der Waals surface area contributed by atoms with E-state index in [2.05, 4.69) is 5.32 Å². The van der Waals surface area contributed by atoms with E-state index < -0.39 is 0 Å². The van der Waals surface area contributed by atoms with Crippen LogP contribution in [0, 0.1) is 0 Å². The van der Waals surface area contributed by atoms with E-state index in [0.29, 0.717) is 0 Å². The minimum Gasteiger partial charge on any atom is -0.496 e. The summed E-state index contributed by atoms with van der Waals surface area (Å²) in [6, 6.07) is 11.3. The Kier molecular flexibility index (Phi) is 3.99. The Balaban J connectivity index is 2.12. The second-order valence-corrected chi connectivity index (χ2v) is 4.86. The maximum absolute atomic E-state index is 11.9. The van der Waals surface area contributed by atoms with Crippen molar-refractivity contribution < 1.29 is 9.53 Å². The lowest BCUT2D eigenvalue weighted by molar-refractivity contribution is 0.0943. The number of para-hydroxylation sites is 1. The first-order chi connectivity index (χ1) is 8.72. The SMILES string of the molecule is COc1ccccc1[C@@H](C)NC(=O)c1cccs1. The molecule has 2 rings (SSSR count). The fraction of sp³-hybridized carbons (Fsp3) is 0.214. The second kappa shape index (κ2) is 5.69. The molecule has 1 N–H and O–H groups in total. The standard InChI is InChI=1S/C14H15NO2S/c1-10(11-6-3-4-7-12(11)17-2)15-14(16)13-8-5-9-18-13/h3-10H,1-2H3,(H,15,16)/t10-/m1/s1. The monoisotopic (exact) mass is 261 g/mol. The minimum absolute atomic E-state index is 0.0524. The van der Waals surface area contributed by atoms with Crippen molar-refractivity contribution in [2.45, 2.75) is 13.0 Å². The molecule has 0 saturated heterocycles. The highest BCUT2D eigenvalue weighted by molar-refractivity contribution is 7.12. The van der Waals surface area contributed by atoms with Crippen LogP contribution < -0.4 is 10.1 Å². The van der Waals surface area contributed by atoms with Gasteiger partial charge in [0.15, 0.2) is 0 Å². The first-order valence-electron chi connectivity index (χ1n) is 5.69. The Labute approximate surface area is 110 Å². The van der Waals surface area contributed by atoms with E-state index in [-0.39, 0.29) is 11.9 Å². The van der Waals surface area contributed by atoms with Crippen molar-refractivity contribution in [3.8, 4) is 5.75 Å². The zero-order chi connectivity index (χ0) is 13.0. The van der Waals surface area contributed by atoms with Crippen LogP contribution in [0.4, 0.5) is 0 Å². The van der Waals surface area contributed by atoms with Gasteiger partial charge in [-0.3, -0.25) is 4.79 Å². The van der Waals surface area contributed by atoms with Crippen molar-refractivity contribution in [2.75, 3.05) is 7.11 Å². The Bertz CT molecular complexity index is 522. The molecule has 1 aromatic heterocycles. The topological polar surface area (TPSA) is 38.3 Å². The highest BCUT2D eigenvalue weighted by Gasteiger charge is 2.14. The zero-order valence-corrected chi connectivity index (χ0v) is 11.2. The van der Waals surface area contributed by atoms with E-state index >= 15 is 0 Å². The van der Waals surface area contributed by atoms with Crippen LogP contribution in [0.3, 0.4) is 0 Å². The van der Waals surface area contributed by atoms with E-state index in [1.807, 2.05) is 48.7 Å². The molecule has 1 atom stereocenters. The predicted molar refractivity (Wildman–Crippen MR) is 73.2 cm³/mol. The fourth-order valence-electron chi connectivity index (χ4n) is 1.78. The molecule has 0 bridgehead atoms. The highest BCUT2D eigenvalue weighted by atomic mass is 32.1. The van der Waals surface area contributed by atoms with E-state index in [1.54, 1.807) is 7.11 Å². The Morgan fingerprint density at radius 3 is 2.72 bits per heavy atom. The summed E-state index contributed by atoms with van der Waals surface area (Å²) in [5, 5.41) is 4.86. The summed E-state index contributed by atoms with van der Waals surface area (Å²) in [6.45, 7) is 1.95. The Morgan fingerprint density at radius 2 is 2.06 bits per heavy atom. The van der Waals surface area contributed by atoms with Crippen LogP contribution in [0.15, 0.2) is 41.8 Å². The Morgan fingerprint density at radius 1 is 1.28 bits per heavy atom. The number of methoxy groups -OCH3 is 1. The summed E-state index contributed by atoms with van der Waals surface area (Å²) in [7, 11) is 1.63. The third-order valence-electron chi connectivity index (χ3n) is 2.70. The van der Waals surface area contributed by atoms with Gasteiger partial charge in [0.25, 0.3) is 5.91 Å². The van der Waals surface area contributed by atoms with Gasteiger partial charge >= 0.3 is 0 Å². The number of benzene rings is 1. The smallest absolute Gasteiger partial charge is 0.261 e. The molecule has 18 heavy (non-hydrogen) atoms. The van der Waals surface area contributed by atoms with E-state index in [4.69, 9.17) is 4.74 Å². The summed E-state index contributed by atoms with van der Waals surface area (Å²) < 4.78 is 5.29. The lowest BCUT2D eigenvalue weighted by atomic mass is 10.1. The summed E-state index contributed by atoms with van der Waals surface area (Å²) >= 11 is 1.43. The number of carbonyl (C=O) groups excluding carboxylic acids is 1. The van der Waals surface area contributed by atoms with Gasteiger partial charge < -0.3 is 10.1 Å². The minimum atomic E-state index is -0.0873. The fourth-order valence-corrected chi connectivity index (χ4v) is 2.40. The van der Waals surface area contributed by atoms with Crippen LogP contribution in [0.1, 0.15) is 28.2 Å². The molecular formula is C14H15NO2S. The third kappa shape index (κ3) is 2.71. The van der Waals surface area contributed by atoms with Crippen LogP contribution in [-0.4, -0.2) is 13.0 Å². The van der Waals surface area contributed by atoms with Crippen LogP contribution in [0.5, 0.6) is 5.75 Å². The average Bonchev–Trinajstić information content (AvgIpc) is 2.92. The normalized spacial score (nSPS) is 11.9.